The lowest BCUT2D eigenvalue weighted by Crippen LogP contribution is -2.25. The average molecular weight is 380 g/mol. The van der Waals surface area contributed by atoms with Crippen LogP contribution in [0.25, 0.3) is 11.0 Å². The van der Waals surface area contributed by atoms with Gasteiger partial charge in [-0.05, 0) is 61.2 Å². The van der Waals surface area contributed by atoms with Crippen molar-refractivity contribution in [2.45, 2.75) is 26.2 Å². The molecule has 2 N–H and O–H groups in total. The van der Waals surface area contributed by atoms with E-state index in [1.54, 1.807) is 30.3 Å². The van der Waals surface area contributed by atoms with Crippen LogP contribution in [-0.4, -0.2) is 18.4 Å². The lowest BCUT2D eigenvalue weighted by Gasteiger charge is -2.09. The van der Waals surface area contributed by atoms with Crippen LogP contribution in [0.5, 0.6) is 0 Å². The van der Waals surface area contributed by atoms with Crippen LogP contribution >= 0.6 is 0 Å². The van der Waals surface area contributed by atoms with Crippen LogP contribution in [0.4, 0.5) is 10.1 Å². The molecule has 0 atom stereocenters. The van der Waals surface area contributed by atoms with E-state index in [9.17, 15) is 14.0 Å². The monoisotopic (exact) mass is 380 g/mol. The van der Waals surface area contributed by atoms with Gasteiger partial charge in [-0.25, -0.2) is 4.39 Å². The first-order chi connectivity index (χ1) is 13.4. The molecule has 144 valence electrons. The van der Waals surface area contributed by atoms with Crippen molar-refractivity contribution in [1.29, 1.82) is 0 Å². The van der Waals surface area contributed by atoms with Crippen molar-refractivity contribution < 1.29 is 18.4 Å². The Bertz CT molecular complexity index is 1050. The Kier molecular flexibility index (Phi) is 4.63. The quantitative estimate of drug-likeness (QED) is 0.670. The fraction of sp³-hybridized carbons (Fsp3) is 0.273. The molecule has 1 aromatic heterocycles. The molecule has 1 saturated carbocycles. The molecule has 2 aromatic carbocycles. The van der Waals surface area contributed by atoms with E-state index in [-0.39, 0.29) is 28.8 Å². The number of hydrogen-bond acceptors (Lipinski definition) is 3. The molecule has 0 saturated heterocycles. The number of anilines is 1. The number of amides is 2. The fourth-order valence-corrected chi connectivity index (χ4v) is 3.03. The summed E-state index contributed by atoms with van der Waals surface area (Å²) in [6.45, 7) is 2.32. The van der Waals surface area contributed by atoms with Gasteiger partial charge < -0.3 is 15.1 Å². The first-order valence-corrected chi connectivity index (χ1v) is 9.31. The largest absolute Gasteiger partial charge is 0.451 e. The molecule has 6 heteroatoms. The Morgan fingerprint density at radius 2 is 1.96 bits per heavy atom. The van der Waals surface area contributed by atoms with Gasteiger partial charge in [0.05, 0.1) is 0 Å². The van der Waals surface area contributed by atoms with E-state index in [2.05, 4.69) is 10.6 Å². The highest BCUT2D eigenvalue weighted by Crippen LogP contribution is 2.45. The number of fused-ring (bicyclic) bond motifs is 1. The minimum absolute atomic E-state index is 0.0191. The standard InChI is InChI=1S/C22H21FN2O3/c1-22(8-9-22)21(27)25-17-5-6-18-15(12-17)13-19(28-18)20(26)24-10-7-14-3-2-4-16(23)11-14/h2-6,11-13H,7-10H2,1H3,(H,24,26)(H,25,27). The second kappa shape index (κ2) is 7.11. The maximum Gasteiger partial charge on any atom is 0.287 e. The van der Waals surface area contributed by atoms with Crippen LogP contribution < -0.4 is 10.6 Å². The SMILES string of the molecule is CC1(C(=O)Nc2ccc3oc(C(=O)NCCc4cccc(F)c4)cc3c2)CC1. The Labute approximate surface area is 161 Å². The Morgan fingerprint density at radius 1 is 1.14 bits per heavy atom. The molecule has 28 heavy (non-hydrogen) atoms. The van der Waals surface area contributed by atoms with Crippen molar-refractivity contribution in [2.24, 2.45) is 5.41 Å². The Morgan fingerprint density at radius 3 is 2.71 bits per heavy atom. The first kappa shape index (κ1) is 18.2. The number of halogens is 1. The van der Waals surface area contributed by atoms with Gasteiger partial charge in [0.2, 0.25) is 5.91 Å². The zero-order valence-electron chi connectivity index (χ0n) is 15.5. The molecule has 0 unspecified atom stereocenters. The number of nitrogens with one attached hydrogen (secondary N) is 2. The summed E-state index contributed by atoms with van der Waals surface area (Å²) < 4.78 is 18.8. The van der Waals surface area contributed by atoms with E-state index in [0.29, 0.717) is 24.2 Å². The third-order valence-electron chi connectivity index (χ3n) is 5.13. The van der Waals surface area contributed by atoms with Gasteiger partial charge in [0.25, 0.3) is 5.91 Å². The molecule has 0 radical (unpaired) electrons. The highest BCUT2D eigenvalue weighted by Gasteiger charge is 2.44. The summed E-state index contributed by atoms with van der Waals surface area (Å²) in [5.41, 5.74) is 1.82. The number of benzene rings is 2. The van der Waals surface area contributed by atoms with Gasteiger partial charge in [-0.15, -0.1) is 0 Å². The second-order valence-corrected chi connectivity index (χ2v) is 7.51. The predicted molar refractivity (Wildman–Crippen MR) is 105 cm³/mol. The summed E-state index contributed by atoms with van der Waals surface area (Å²) in [6, 6.07) is 13.3. The van der Waals surface area contributed by atoms with E-state index in [1.807, 2.05) is 13.0 Å². The molecule has 2 amide bonds. The van der Waals surface area contributed by atoms with Crippen molar-refractivity contribution in [2.75, 3.05) is 11.9 Å². The van der Waals surface area contributed by atoms with Crippen LogP contribution in [0.2, 0.25) is 0 Å². The minimum Gasteiger partial charge on any atom is -0.451 e. The molecule has 1 aliphatic rings. The highest BCUT2D eigenvalue weighted by atomic mass is 19.1. The molecule has 4 rings (SSSR count). The van der Waals surface area contributed by atoms with Gasteiger partial charge in [-0.2, -0.15) is 0 Å². The first-order valence-electron chi connectivity index (χ1n) is 9.31. The summed E-state index contributed by atoms with van der Waals surface area (Å²) in [5, 5.41) is 6.44. The summed E-state index contributed by atoms with van der Waals surface area (Å²) in [4.78, 5) is 24.5. The summed E-state index contributed by atoms with van der Waals surface area (Å²) in [6.07, 6.45) is 2.35. The van der Waals surface area contributed by atoms with Gasteiger partial charge in [0.1, 0.15) is 11.4 Å². The molecule has 5 nitrogen and oxygen atoms in total. The van der Waals surface area contributed by atoms with E-state index >= 15 is 0 Å². The third kappa shape index (κ3) is 3.91. The van der Waals surface area contributed by atoms with Gasteiger partial charge in [-0.3, -0.25) is 9.59 Å². The number of hydrogen-bond donors (Lipinski definition) is 2. The van der Waals surface area contributed by atoms with Gasteiger partial charge >= 0.3 is 0 Å². The zero-order chi connectivity index (χ0) is 19.7. The number of rotatable bonds is 6. The molecule has 1 fully saturated rings. The van der Waals surface area contributed by atoms with Crippen molar-refractivity contribution in [3.63, 3.8) is 0 Å². The predicted octanol–water partition coefficient (Wildman–Crippen LogP) is 4.28. The molecule has 1 heterocycles. The summed E-state index contributed by atoms with van der Waals surface area (Å²) in [7, 11) is 0. The van der Waals surface area contributed by atoms with Gasteiger partial charge in [0, 0.05) is 23.0 Å². The highest BCUT2D eigenvalue weighted by molar-refractivity contribution is 6.00. The molecule has 3 aromatic rings. The fourth-order valence-electron chi connectivity index (χ4n) is 3.03. The van der Waals surface area contributed by atoms with Crippen LogP contribution in [0.15, 0.2) is 52.9 Å². The Balaban J connectivity index is 1.39. The molecule has 0 aliphatic heterocycles. The molecule has 0 bridgehead atoms. The summed E-state index contributed by atoms with van der Waals surface area (Å²) in [5.74, 6) is -0.402. The van der Waals surface area contributed by atoms with Crippen LogP contribution in [-0.2, 0) is 11.2 Å². The van der Waals surface area contributed by atoms with E-state index in [1.165, 1.54) is 12.1 Å². The van der Waals surface area contributed by atoms with Crippen molar-refractivity contribution >= 4 is 28.5 Å². The normalized spacial score (nSPS) is 14.6. The van der Waals surface area contributed by atoms with Crippen molar-refractivity contribution in [3.05, 3.63) is 65.7 Å². The number of carbonyl (C=O) groups excluding carboxylic acids is 2. The van der Waals surface area contributed by atoms with Crippen LogP contribution in [0, 0.1) is 11.2 Å². The third-order valence-corrected chi connectivity index (χ3v) is 5.13. The van der Waals surface area contributed by atoms with Crippen molar-refractivity contribution in [3.8, 4) is 0 Å². The van der Waals surface area contributed by atoms with E-state index in [4.69, 9.17) is 4.42 Å². The number of carbonyl (C=O) groups is 2. The number of furan rings is 1. The second-order valence-electron chi connectivity index (χ2n) is 7.51. The summed E-state index contributed by atoms with van der Waals surface area (Å²) >= 11 is 0. The Hall–Kier alpha value is -3.15. The van der Waals surface area contributed by atoms with Crippen LogP contribution in [0.3, 0.4) is 0 Å². The smallest absolute Gasteiger partial charge is 0.287 e. The minimum atomic E-state index is -0.330. The average Bonchev–Trinajstić information content (AvgIpc) is 3.27. The van der Waals surface area contributed by atoms with E-state index < -0.39 is 0 Å². The van der Waals surface area contributed by atoms with Crippen LogP contribution in [0.1, 0.15) is 35.9 Å². The lowest BCUT2D eigenvalue weighted by atomic mass is 10.1. The van der Waals surface area contributed by atoms with Gasteiger partial charge in [0.15, 0.2) is 5.76 Å². The van der Waals surface area contributed by atoms with Crippen molar-refractivity contribution in [1.82, 2.24) is 5.32 Å². The molecule has 0 spiro atoms. The molecular weight excluding hydrogens is 359 g/mol. The zero-order valence-corrected chi connectivity index (χ0v) is 15.5. The maximum atomic E-state index is 13.2. The van der Waals surface area contributed by atoms with Gasteiger partial charge in [-0.1, -0.05) is 19.1 Å². The molecule has 1 aliphatic carbocycles. The van der Waals surface area contributed by atoms with E-state index in [0.717, 1.165) is 23.8 Å². The lowest BCUT2D eigenvalue weighted by molar-refractivity contribution is -0.120. The maximum absolute atomic E-state index is 13.2. The molecular formula is C22H21FN2O3. The topological polar surface area (TPSA) is 71.3 Å².